The zero-order chi connectivity index (χ0) is 19.0. The average molecular weight is 373 g/mol. The first-order valence-electron chi connectivity index (χ1n) is 8.39. The van der Waals surface area contributed by atoms with Gasteiger partial charge in [-0.1, -0.05) is 55.8 Å². The molecule has 0 fully saturated rings. The van der Waals surface area contributed by atoms with Crippen molar-refractivity contribution in [2.75, 3.05) is 6.54 Å². The van der Waals surface area contributed by atoms with E-state index in [1.807, 2.05) is 24.3 Å². The summed E-state index contributed by atoms with van der Waals surface area (Å²) in [4.78, 5) is 12.0. The lowest BCUT2D eigenvalue weighted by Gasteiger charge is -2.07. The molecule has 0 aliphatic heterocycles. The van der Waals surface area contributed by atoms with Gasteiger partial charge in [-0.05, 0) is 36.6 Å². The van der Waals surface area contributed by atoms with E-state index in [-0.39, 0.29) is 11.4 Å². The predicted molar refractivity (Wildman–Crippen MR) is 102 cm³/mol. The second-order valence-electron chi connectivity index (χ2n) is 5.82. The fourth-order valence-corrected chi connectivity index (χ4v) is 3.30. The number of carbonyl (C=O) groups excluding carboxylic acids is 1. The number of amides is 1. The summed E-state index contributed by atoms with van der Waals surface area (Å²) in [5.74, 6) is -0.536. The van der Waals surface area contributed by atoms with Crippen molar-refractivity contribution in [2.45, 2.75) is 31.6 Å². The van der Waals surface area contributed by atoms with Gasteiger partial charge in [0.05, 0.1) is 17.2 Å². The molecule has 0 spiro atoms. The minimum Gasteiger partial charge on any atom is -0.272 e. The van der Waals surface area contributed by atoms with E-state index in [1.165, 1.54) is 17.7 Å². The molecule has 0 saturated carbocycles. The van der Waals surface area contributed by atoms with Crippen LogP contribution < -0.4 is 10.1 Å². The van der Waals surface area contributed by atoms with Crippen LogP contribution in [-0.4, -0.2) is 26.6 Å². The molecular formula is C19H23N3O3S. The largest absolute Gasteiger partial charge is 0.272 e. The third-order valence-corrected chi connectivity index (χ3v) is 5.15. The Kier molecular flexibility index (Phi) is 7.06. The fraction of sp³-hybridized carbons (Fsp3) is 0.263. The zero-order valence-corrected chi connectivity index (χ0v) is 15.7. The Morgan fingerprint density at radius 2 is 1.69 bits per heavy atom. The van der Waals surface area contributed by atoms with Crippen LogP contribution in [0.3, 0.4) is 0 Å². The summed E-state index contributed by atoms with van der Waals surface area (Å²) in [5, 5.41) is 4.03. The molecule has 7 heteroatoms. The van der Waals surface area contributed by atoms with E-state index >= 15 is 0 Å². The van der Waals surface area contributed by atoms with Gasteiger partial charge in [-0.3, -0.25) is 4.79 Å². The molecule has 6 nitrogen and oxygen atoms in total. The van der Waals surface area contributed by atoms with Gasteiger partial charge in [0.25, 0.3) is 5.91 Å². The molecule has 0 heterocycles. The van der Waals surface area contributed by atoms with Crippen molar-refractivity contribution in [3.63, 3.8) is 0 Å². The Balaban J connectivity index is 1.90. The monoisotopic (exact) mass is 373 g/mol. The lowest BCUT2D eigenvalue weighted by molar-refractivity contribution is -0.119. The van der Waals surface area contributed by atoms with Crippen LogP contribution in [0, 0.1) is 0 Å². The summed E-state index contributed by atoms with van der Waals surface area (Å²) in [6.45, 7) is 3.52. The molecule has 2 rings (SSSR count). The van der Waals surface area contributed by atoms with Gasteiger partial charge in [0.2, 0.25) is 10.0 Å². The highest BCUT2D eigenvalue weighted by Gasteiger charge is 2.14. The van der Waals surface area contributed by atoms with Gasteiger partial charge in [-0.2, -0.15) is 5.10 Å². The van der Waals surface area contributed by atoms with Gasteiger partial charge in [0.1, 0.15) is 0 Å². The number of benzene rings is 2. The van der Waals surface area contributed by atoms with Crippen molar-refractivity contribution in [3.8, 4) is 0 Å². The van der Waals surface area contributed by atoms with Crippen LogP contribution in [0.5, 0.6) is 0 Å². The van der Waals surface area contributed by atoms with Gasteiger partial charge >= 0.3 is 0 Å². The quantitative estimate of drug-likeness (QED) is 0.550. The maximum absolute atomic E-state index is 12.1. The minimum absolute atomic E-state index is 0.111. The van der Waals surface area contributed by atoms with Crippen molar-refractivity contribution in [2.24, 2.45) is 5.10 Å². The Morgan fingerprint density at radius 3 is 2.31 bits per heavy atom. The number of hydrogen-bond acceptors (Lipinski definition) is 4. The zero-order valence-electron chi connectivity index (χ0n) is 14.9. The number of nitrogens with one attached hydrogen (secondary N) is 2. The molecule has 0 aliphatic rings. The minimum atomic E-state index is -3.72. The molecule has 2 aromatic rings. The topological polar surface area (TPSA) is 87.6 Å². The molecule has 26 heavy (non-hydrogen) atoms. The van der Waals surface area contributed by atoms with Crippen LogP contribution in [0.25, 0.3) is 0 Å². The molecule has 138 valence electrons. The van der Waals surface area contributed by atoms with Crippen LogP contribution in [0.15, 0.2) is 64.6 Å². The Morgan fingerprint density at radius 1 is 1.04 bits per heavy atom. The van der Waals surface area contributed by atoms with Crippen LogP contribution in [-0.2, 0) is 21.2 Å². The summed E-state index contributed by atoms with van der Waals surface area (Å²) in [6.07, 6.45) is 2.11. The Bertz CT molecular complexity index is 861. The molecule has 0 bridgehead atoms. The van der Waals surface area contributed by atoms with E-state index in [0.717, 1.165) is 18.4 Å². The third kappa shape index (κ3) is 5.79. The van der Waals surface area contributed by atoms with E-state index in [2.05, 4.69) is 22.2 Å². The molecule has 0 aromatic heterocycles. The second kappa shape index (κ2) is 9.26. The number of rotatable bonds is 8. The van der Waals surface area contributed by atoms with Gasteiger partial charge in [-0.15, -0.1) is 0 Å². The summed E-state index contributed by atoms with van der Waals surface area (Å²) in [6, 6.07) is 15.9. The Hall–Kier alpha value is -2.51. The van der Waals surface area contributed by atoms with Gasteiger partial charge in [-0.25, -0.2) is 18.6 Å². The molecule has 2 aromatic carbocycles. The molecular weight excluding hydrogens is 350 g/mol. The van der Waals surface area contributed by atoms with Crippen LogP contribution in [0.1, 0.15) is 31.4 Å². The number of nitrogens with zero attached hydrogens (tertiary/aromatic N) is 1. The maximum Gasteiger partial charge on any atom is 0.255 e. The molecule has 0 saturated heterocycles. The van der Waals surface area contributed by atoms with Crippen molar-refractivity contribution in [1.82, 2.24) is 10.1 Å². The first-order valence-corrected chi connectivity index (χ1v) is 9.88. The van der Waals surface area contributed by atoms with Crippen LogP contribution >= 0.6 is 0 Å². The molecule has 0 unspecified atom stereocenters. The number of aryl methyl sites for hydroxylation is 1. The van der Waals surface area contributed by atoms with E-state index in [0.29, 0.717) is 5.71 Å². The summed E-state index contributed by atoms with van der Waals surface area (Å²) in [7, 11) is -3.72. The third-order valence-electron chi connectivity index (χ3n) is 3.73. The first-order chi connectivity index (χ1) is 12.4. The second-order valence-corrected chi connectivity index (χ2v) is 7.58. The smallest absolute Gasteiger partial charge is 0.255 e. The van der Waals surface area contributed by atoms with E-state index in [9.17, 15) is 13.2 Å². The molecule has 0 atom stereocenters. The highest BCUT2D eigenvalue weighted by molar-refractivity contribution is 7.89. The highest BCUT2D eigenvalue weighted by atomic mass is 32.2. The number of sulfonamides is 1. The number of hydrogen-bond donors (Lipinski definition) is 2. The van der Waals surface area contributed by atoms with Gasteiger partial charge in [0.15, 0.2) is 0 Å². The van der Waals surface area contributed by atoms with E-state index in [4.69, 9.17) is 0 Å². The summed E-state index contributed by atoms with van der Waals surface area (Å²) < 4.78 is 26.4. The normalized spacial score (nSPS) is 12.0. The molecule has 0 radical (unpaired) electrons. The lowest BCUT2D eigenvalue weighted by atomic mass is 10.1. The van der Waals surface area contributed by atoms with E-state index in [1.54, 1.807) is 25.1 Å². The van der Waals surface area contributed by atoms with Gasteiger partial charge < -0.3 is 0 Å². The van der Waals surface area contributed by atoms with Crippen molar-refractivity contribution >= 4 is 21.6 Å². The number of hydrazone groups is 1. The average Bonchev–Trinajstić information content (AvgIpc) is 2.66. The maximum atomic E-state index is 12.1. The van der Waals surface area contributed by atoms with Crippen LogP contribution in [0.4, 0.5) is 0 Å². The van der Waals surface area contributed by atoms with Crippen molar-refractivity contribution < 1.29 is 13.2 Å². The Labute approximate surface area is 154 Å². The summed E-state index contributed by atoms with van der Waals surface area (Å²) in [5.41, 5.74) is 5.16. The standard InChI is InChI=1S/C19H23N3O3S/c1-3-7-16-10-12-17(13-11-16)15(2)21-22-19(23)14-20-26(24,25)18-8-5-4-6-9-18/h4-6,8-13,20H,3,7,14H2,1-2H3,(H,22,23)/b21-15-. The number of carbonyl (C=O) groups is 1. The SMILES string of the molecule is CCCc1ccc(/C(C)=N\NC(=O)CNS(=O)(=O)c2ccccc2)cc1. The molecule has 2 N–H and O–H groups in total. The highest BCUT2D eigenvalue weighted by Crippen LogP contribution is 2.08. The van der Waals surface area contributed by atoms with Crippen molar-refractivity contribution in [1.29, 1.82) is 0 Å². The van der Waals surface area contributed by atoms with Gasteiger partial charge in [0, 0.05) is 0 Å². The molecule has 1 amide bonds. The van der Waals surface area contributed by atoms with Crippen LogP contribution in [0.2, 0.25) is 0 Å². The summed E-state index contributed by atoms with van der Waals surface area (Å²) >= 11 is 0. The van der Waals surface area contributed by atoms with Crippen molar-refractivity contribution in [3.05, 3.63) is 65.7 Å². The molecule has 0 aliphatic carbocycles. The first kappa shape index (κ1) is 19.8. The lowest BCUT2D eigenvalue weighted by Crippen LogP contribution is -2.35. The fourth-order valence-electron chi connectivity index (χ4n) is 2.30. The predicted octanol–water partition coefficient (Wildman–Crippen LogP) is 2.46. The van der Waals surface area contributed by atoms with E-state index < -0.39 is 15.9 Å².